The first-order valence-electron chi connectivity index (χ1n) is 2.98. The molecule has 0 atom stereocenters. The lowest BCUT2D eigenvalue weighted by molar-refractivity contribution is 0.611. The van der Waals surface area contributed by atoms with Gasteiger partial charge in [0, 0.05) is 17.1 Å². The zero-order valence-electron chi connectivity index (χ0n) is 5.57. The van der Waals surface area contributed by atoms with E-state index in [0.29, 0.717) is 10.6 Å². The number of nitrogens with two attached hydrogens (primary N) is 1. The lowest BCUT2D eigenvalue weighted by Crippen LogP contribution is -1.99. The molecule has 0 aliphatic heterocycles. The van der Waals surface area contributed by atoms with Crippen LogP contribution in [0.1, 0.15) is 5.56 Å². The monoisotopic (exact) mass is 193 g/mol. The van der Waals surface area contributed by atoms with Gasteiger partial charge in [0.15, 0.2) is 0 Å². The molecule has 0 aromatic heterocycles. The second-order valence-corrected chi connectivity index (χ2v) is 2.91. The van der Waals surface area contributed by atoms with Gasteiger partial charge in [-0.15, -0.1) is 0 Å². The van der Waals surface area contributed by atoms with Crippen LogP contribution >= 0.6 is 23.2 Å². The third-order valence-electron chi connectivity index (χ3n) is 1.29. The molecule has 60 valence electrons. The molecule has 0 aliphatic rings. The lowest BCUT2D eigenvalue weighted by Gasteiger charge is -2.01. The average molecular weight is 194 g/mol. The summed E-state index contributed by atoms with van der Waals surface area (Å²) in [6.07, 6.45) is 0. The van der Waals surface area contributed by atoms with Gasteiger partial charge in [-0.25, -0.2) is 4.39 Å². The molecule has 11 heavy (non-hydrogen) atoms. The summed E-state index contributed by atoms with van der Waals surface area (Å²) >= 11 is 11.1. The van der Waals surface area contributed by atoms with Gasteiger partial charge < -0.3 is 5.73 Å². The Morgan fingerprint density at radius 2 is 2.00 bits per heavy atom. The fourth-order valence-electron chi connectivity index (χ4n) is 0.758. The van der Waals surface area contributed by atoms with Crippen LogP contribution in [0, 0.1) is 5.82 Å². The van der Waals surface area contributed by atoms with E-state index in [2.05, 4.69) is 0 Å². The van der Waals surface area contributed by atoms with Gasteiger partial charge in [0.1, 0.15) is 5.82 Å². The molecule has 0 fully saturated rings. The molecular formula is C7H6Cl2FN. The highest BCUT2D eigenvalue weighted by Crippen LogP contribution is 2.23. The number of rotatable bonds is 1. The highest BCUT2D eigenvalue weighted by molar-refractivity contribution is 6.34. The Hall–Kier alpha value is -0.310. The van der Waals surface area contributed by atoms with Crippen LogP contribution in [0.5, 0.6) is 0 Å². The van der Waals surface area contributed by atoms with E-state index in [1.165, 1.54) is 12.1 Å². The molecule has 0 saturated carbocycles. The number of hydrogen-bond acceptors (Lipinski definition) is 1. The molecule has 2 N–H and O–H groups in total. The van der Waals surface area contributed by atoms with E-state index in [1.54, 1.807) is 0 Å². The van der Waals surface area contributed by atoms with Crippen LogP contribution < -0.4 is 5.73 Å². The Bertz CT molecular complexity index is 275. The second-order valence-electron chi connectivity index (χ2n) is 2.06. The largest absolute Gasteiger partial charge is 0.326 e. The summed E-state index contributed by atoms with van der Waals surface area (Å²) in [4.78, 5) is 0. The predicted octanol–water partition coefficient (Wildman–Crippen LogP) is 2.59. The summed E-state index contributed by atoms with van der Waals surface area (Å²) < 4.78 is 12.9. The molecule has 0 saturated heterocycles. The molecular weight excluding hydrogens is 188 g/mol. The normalized spacial score (nSPS) is 10.2. The molecule has 1 aromatic rings. The zero-order valence-corrected chi connectivity index (χ0v) is 7.08. The maximum atomic E-state index is 12.9. The number of hydrogen-bond donors (Lipinski definition) is 1. The predicted molar refractivity (Wildman–Crippen MR) is 44.3 cm³/mol. The zero-order chi connectivity index (χ0) is 8.43. The summed E-state index contributed by atoms with van der Waals surface area (Å²) in [5.41, 5.74) is 5.57. The molecule has 0 amide bonds. The van der Waals surface area contributed by atoms with E-state index in [0.717, 1.165) is 0 Å². The quantitative estimate of drug-likeness (QED) is 0.683. The highest BCUT2D eigenvalue weighted by Gasteiger charge is 2.06. The maximum absolute atomic E-state index is 12.9. The van der Waals surface area contributed by atoms with Crippen molar-refractivity contribution in [3.8, 4) is 0 Å². The molecule has 1 rings (SSSR count). The van der Waals surface area contributed by atoms with Gasteiger partial charge in [-0.1, -0.05) is 23.2 Å². The third-order valence-corrected chi connectivity index (χ3v) is 1.78. The van der Waals surface area contributed by atoms with E-state index in [9.17, 15) is 4.39 Å². The minimum Gasteiger partial charge on any atom is -0.326 e. The minimum atomic E-state index is -0.487. The van der Waals surface area contributed by atoms with E-state index in [1.807, 2.05) is 0 Å². The van der Waals surface area contributed by atoms with Crippen LogP contribution in [0.3, 0.4) is 0 Å². The molecule has 0 radical (unpaired) electrons. The van der Waals surface area contributed by atoms with Gasteiger partial charge in [-0.2, -0.15) is 0 Å². The first-order valence-corrected chi connectivity index (χ1v) is 3.74. The molecule has 0 bridgehead atoms. The molecule has 0 spiro atoms. The van der Waals surface area contributed by atoms with E-state index >= 15 is 0 Å². The highest BCUT2D eigenvalue weighted by atomic mass is 35.5. The fraction of sp³-hybridized carbons (Fsp3) is 0.143. The Morgan fingerprint density at radius 1 is 1.36 bits per heavy atom. The van der Waals surface area contributed by atoms with Gasteiger partial charge in [-0.05, 0) is 12.1 Å². The molecule has 1 aromatic carbocycles. The SMILES string of the molecule is NCc1cc(Cl)cc(Cl)c1F. The van der Waals surface area contributed by atoms with Crippen molar-refractivity contribution in [2.24, 2.45) is 5.73 Å². The van der Waals surface area contributed by atoms with Crippen molar-refractivity contribution in [2.45, 2.75) is 6.54 Å². The maximum Gasteiger partial charge on any atom is 0.146 e. The number of halogens is 3. The van der Waals surface area contributed by atoms with Crippen LogP contribution in [0.2, 0.25) is 10.0 Å². The summed E-state index contributed by atoms with van der Waals surface area (Å²) in [5, 5.41) is 0.412. The summed E-state index contributed by atoms with van der Waals surface area (Å²) in [7, 11) is 0. The molecule has 0 aliphatic carbocycles. The van der Waals surface area contributed by atoms with Crippen molar-refractivity contribution in [3.05, 3.63) is 33.6 Å². The van der Waals surface area contributed by atoms with Gasteiger partial charge >= 0.3 is 0 Å². The van der Waals surface area contributed by atoms with Gasteiger partial charge in [0.05, 0.1) is 5.02 Å². The standard InChI is InChI=1S/C7H6Cl2FN/c8-5-1-4(3-11)7(10)6(9)2-5/h1-2H,3,11H2. The number of benzene rings is 1. The van der Waals surface area contributed by atoms with Crippen LogP contribution in [0.15, 0.2) is 12.1 Å². The minimum absolute atomic E-state index is 0.0120. The van der Waals surface area contributed by atoms with Crippen molar-refractivity contribution >= 4 is 23.2 Å². The van der Waals surface area contributed by atoms with Crippen LogP contribution in [-0.2, 0) is 6.54 Å². The van der Waals surface area contributed by atoms with Gasteiger partial charge in [0.2, 0.25) is 0 Å². The van der Waals surface area contributed by atoms with E-state index < -0.39 is 5.82 Å². The van der Waals surface area contributed by atoms with Crippen molar-refractivity contribution in [3.63, 3.8) is 0 Å². The Kier molecular flexibility index (Phi) is 2.71. The lowest BCUT2D eigenvalue weighted by atomic mass is 10.2. The van der Waals surface area contributed by atoms with Crippen molar-refractivity contribution in [1.29, 1.82) is 0 Å². The molecule has 0 heterocycles. The fourth-order valence-corrected chi connectivity index (χ4v) is 1.29. The van der Waals surface area contributed by atoms with Crippen LogP contribution in [0.4, 0.5) is 4.39 Å². The average Bonchev–Trinajstić information content (AvgIpc) is 1.96. The van der Waals surface area contributed by atoms with E-state index in [-0.39, 0.29) is 11.6 Å². The molecule has 0 unspecified atom stereocenters. The summed E-state index contributed by atoms with van der Waals surface area (Å²) in [5.74, 6) is -0.487. The van der Waals surface area contributed by atoms with Crippen LogP contribution in [0.25, 0.3) is 0 Å². The first-order chi connectivity index (χ1) is 5.15. The van der Waals surface area contributed by atoms with Gasteiger partial charge in [0.25, 0.3) is 0 Å². The first kappa shape index (κ1) is 8.78. The van der Waals surface area contributed by atoms with Crippen molar-refractivity contribution in [2.75, 3.05) is 0 Å². The Balaban J connectivity index is 3.24. The van der Waals surface area contributed by atoms with E-state index in [4.69, 9.17) is 28.9 Å². The van der Waals surface area contributed by atoms with Crippen LogP contribution in [-0.4, -0.2) is 0 Å². The molecule has 1 nitrogen and oxygen atoms in total. The summed E-state index contributed by atoms with van der Waals surface area (Å²) in [6, 6.07) is 2.81. The third kappa shape index (κ3) is 1.83. The second kappa shape index (κ2) is 3.39. The van der Waals surface area contributed by atoms with Crippen molar-refractivity contribution < 1.29 is 4.39 Å². The smallest absolute Gasteiger partial charge is 0.146 e. The summed E-state index contributed by atoms with van der Waals surface area (Å²) in [6.45, 7) is 0.103. The topological polar surface area (TPSA) is 26.0 Å². The molecule has 4 heteroatoms. The Morgan fingerprint density at radius 3 is 2.55 bits per heavy atom. The Labute approximate surface area is 73.9 Å². The van der Waals surface area contributed by atoms with Crippen molar-refractivity contribution in [1.82, 2.24) is 0 Å². The van der Waals surface area contributed by atoms with Gasteiger partial charge in [-0.3, -0.25) is 0 Å².